The summed E-state index contributed by atoms with van der Waals surface area (Å²) in [5.41, 5.74) is 9.80. The SMILES string of the molecule is C#Cc1cc2cnc(NCc3cc(C(N)=O)cc(-c4cnn(C)c4)c3)nc2cc1Cl. The maximum absolute atomic E-state index is 11.8. The number of primary amides is 1. The minimum atomic E-state index is -0.497. The Bertz CT molecular complexity index is 1320. The van der Waals surface area contributed by atoms with Crippen LogP contribution in [0.5, 0.6) is 0 Å². The number of fused-ring (bicyclic) bond motifs is 1. The van der Waals surface area contributed by atoms with Gasteiger partial charge in [-0.15, -0.1) is 6.42 Å². The minimum Gasteiger partial charge on any atom is -0.366 e. The Morgan fingerprint density at radius 3 is 2.77 bits per heavy atom. The van der Waals surface area contributed by atoms with Crippen LogP contribution in [-0.4, -0.2) is 25.7 Å². The van der Waals surface area contributed by atoms with Crippen molar-refractivity contribution in [2.75, 3.05) is 5.32 Å². The molecule has 0 saturated carbocycles. The Labute approximate surface area is 177 Å². The van der Waals surface area contributed by atoms with Crippen molar-refractivity contribution >= 4 is 34.4 Å². The van der Waals surface area contributed by atoms with E-state index in [0.29, 0.717) is 34.2 Å². The highest BCUT2D eigenvalue weighted by Gasteiger charge is 2.10. The van der Waals surface area contributed by atoms with E-state index in [1.54, 1.807) is 41.3 Å². The van der Waals surface area contributed by atoms with Crippen LogP contribution in [0, 0.1) is 12.3 Å². The van der Waals surface area contributed by atoms with Crippen LogP contribution in [0.2, 0.25) is 5.02 Å². The first kappa shape index (κ1) is 19.4. The molecule has 0 aliphatic carbocycles. The van der Waals surface area contributed by atoms with Crippen molar-refractivity contribution in [2.24, 2.45) is 12.8 Å². The summed E-state index contributed by atoms with van der Waals surface area (Å²) in [5.74, 6) is 2.47. The molecule has 0 atom stereocenters. The summed E-state index contributed by atoms with van der Waals surface area (Å²) in [6.07, 6.45) is 10.7. The van der Waals surface area contributed by atoms with Gasteiger partial charge in [-0.1, -0.05) is 17.5 Å². The van der Waals surface area contributed by atoms with Crippen molar-refractivity contribution in [1.29, 1.82) is 0 Å². The zero-order valence-corrected chi connectivity index (χ0v) is 16.8. The first-order chi connectivity index (χ1) is 14.4. The van der Waals surface area contributed by atoms with Gasteiger partial charge in [-0.05, 0) is 41.5 Å². The van der Waals surface area contributed by atoms with E-state index in [4.69, 9.17) is 23.8 Å². The van der Waals surface area contributed by atoms with Crippen molar-refractivity contribution in [3.8, 4) is 23.5 Å². The molecule has 7 nitrogen and oxygen atoms in total. The van der Waals surface area contributed by atoms with Crippen LogP contribution >= 0.6 is 11.6 Å². The highest BCUT2D eigenvalue weighted by Crippen LogP contribution is 2.24. The summed E-state index contributed by atoms with van der Waals surface area (Å²) in [6, 6.07) is 8.95. The number of carbonyl (C=O) groups excluding carboxylic acids is 1. The van der Waals surface area contributed by atoms with Gasteiger partial charge in [-0.2, -0.15) is 5.10 Å². The van der Waals surface area contributed by atoms with Crippen molar-refractivity contribution < 1.29 is 4.79 Å². The molecular formula is C22H17ClN6O. The molecule has 3 N–H and O–H groups in total. The van der Waals surface area contributed by atoms with E-state index in [9.17, 15) is 4.79 Å². The number of benzene rings is 2. The number of hydrogen-bond donors (Lipinski definition) is 2. The fourth-order valence-corrected chi connectivity index (χ4v) is 3.32. The lowest BCUT2D eigenvalue weighted by Crippen LogP contribution is -2.12. The van der Waals surface area contributed by atoms with Gasteiger partial charge in [0.05, 0.1) is 16.7 Å². The third kappa shape index (κ3) is 3.95. The fourth-order valence-electron chi connectivity index (χ4n) is 3.10. The number of terminal acetylenes is 1. The lowest BCUT2D eigenvalue weighted by atomic mass is 10.0. The van der Waals surface area contributed by atoms with E-state index >= 15 is 0 Å². The van der Waals surface area contributed by atoms with E-state index in [1.807, 2.05) is 19.3 Å². The molecule has 4 rings (SSSR count). The Morgan fingerprint density at radius 1 is 1.23 bits per heavy atom. The van der Waals surface area contributed by atoms with Gasteiger partial charge >= 0.3 is 0 Å². The van der Waals surface area contributed by atoms with Gasteiger partial charge in [0.25, 0.3) is 0 Å². The number of nitrogens with zero attached hydrogens (tertiary/aromatic N) is 4. The number of halogens is 1. The summed E-state index contributed by atoms with van der Waals surface area (Å²) in [7, 11) is 1.83. The number of rotatable bonds is 5. The first-order valence-electron chi connectivity index (χ1n) is 9.02. The molecule has 0 fully saturated rings. The molecule has 30 heavy (non-hydrogen) atoms. The number of nitrogens with two attached hydrogens (primary N) is 1. The lowest BCUT2D eigenvalue weighted by Gasteiger charge is -2.10. The summed E-state index contributed by atoms with van der Waals surface area (Å²) < 4.78 is 1.70. The Kier molecular flexibility index (Phi) is 5.09. The zero-order valence-electron chi connectivity index (χ0n) is 16.1. The van der Waals surface area contributed by atoms with Crippen LogP contribution < -0.4 is 11.1 Å². The standard InChI is InChI=1S/C22H17ClN6O/c1-3-14-6-17-10-26-22(28-20(17)8-19(14)23)25-9-13-4-15(7-16(5-13)21(24)30)18-11-27-29(2)12-18/h1,4-8,10-12H,9H2,2H3,(H2,24,30)(H,25,26,28). The predicted molar refractivity (Wildman–Crippen MR) is 117 cm³/mol. The van der Waals surface area contributed by atoms with Crippen molar-refractivity contribution in [3.05, 3.63) is 70.6 Å². The number of carbonyl (C=O) groups is 1. The molecule has 2 aromatic heterocycles. The number of hydrogen-bond acceptors (Lipinski definition) is 5. The van der Waals surface area contributed by atoms with E-state index in [1.165, 1.54) is 0 Å². The van der Waals surface area contributed by atoms with E-state index in [-0.39, 0.29) is 0 Å². The topological polar surface area (TPSA) is 98.7 Å². The average molecular weight is 417 g/mol. The molecule has 148 valence electrons. The molecular weight excluding hydrogens is 400 g/mol. The zero-order chi connectivity index (χ0) is 21.3. The summed E-state index contributed by atoms with van der Waals surface area (Å²) in [6.45, 7) is 0.399. The van der Waals surface area contributed by atoms with Gasteiger partial charge in [-0.25, -0.2) is 9.97 Å². The summed E-state index contributed by atoms with van der Waals surface area (Å²) in [5, 5.41) is 8.62. The van der Waals surface area contributed by atoms with E-state index in [0.717, 1.165) is 22.1 Å². The van der Waals surface area contributed by atoms with Crippen LogP contribution in [0.1, 0.15) is 21.5 Å². The van der Waals surface area contributed by atoms with E-state index < -0.39 is 5.91 Å². The van der Waals surface area contributed by atoms with Crippen LogP contribution in [0.15, 0.2) is 48.9 Å². The molecule has 0 unspecified atom stereocenters. The molecule has 0 saturated heterocycles. The van der Waals surface area contributed by atoms with Gasteiger partial charge < -0.3 is 11.1 Å². The molecule has 2 heterocycles. The Balaban J connectivity index is 1.62. The third-order valence-electron chi connectivity index (χ3n) is 4.59. The van der Waals surface area contributed by atoms with Crippen molar-refractivity contribution in [2.45, 2.75) is 6.54 Å². The molecule has 0 bridgehead atoms. The molecule has 1 amide bonds. The maximum atomic E-state index is 11.8. The molecule has 0 spiro atoms. The number of aromatic nitrogens is 4. The molecule has 4 aromatic rings. The van der Waals surface area contributed by atoms with Crippen LogP contribution in [0.3, 0.4) is 0 Å². The van der Waals surface area contributed by atoms with Gasteiger partial charge in [0.2, 0.25) is 11.9 Å². The summed E-state index contributed by atoms with van der Waals surface area (Å²) in [4.78, 5) is 20.6. The number of anilines is 1. The molecule has 0 aliphatic heterocycles. The highest BCUT2D eigenvalue weighted by molar-refractivity contribution is 6.32. The molecule has 8 heteroatoms. The monoisotopic (exact) mass is 416 g/mol. The largest absolute Gasteiger partial charge is 0.366 e. The number of aryl methyl sites for hydroxylation is 1. The van der Waals surface area contributed by atoms with Gasteiger partial charge in [0, 0.05) is 48.1 Å². The second-order valence-corrected chi connectivity index (χ2v) is 7.18. The van der Waals surface area contributed by atoms with Gasteiger partial charge in [-0.3, -0.25) is 9.48 Å². The second kappa shape index (κ2) is 7.85. The maximum Gasteiger partial charge on any atom is 0.248 e. The average Bonchev–Trinajstić information content (AvgIpc) is 3.17. The smallest absolute Gasteiger partial charge is 0.248 e. The molecule has 0 radical (unpaired) electrons. The van der Waals surface area contributed by atoms with Gasteiger partial charge in [0.1, 0.15) is 0 Å². The third-order valence-corrected chi connectivity index (χ3v) is 4.90. The first-order valence-corrected chi connectivity index (χ1v) is 9.40. The number of nitrogens with one attached hydrogen (secondary N) is 1. The molecule has 2 aromatic carbocycles. The minimum absolute atomic E-state index is 0.399. The van der Waals surface area contributed by atoms with Crippen LogP contribution in [0.25, 0.3) is 22.0 Å². The quantitative estimate of drug-likeness (QED) is 0.486. The van der Waals surface area contributed by atoms with Crippen LogP contribution in [-0.2, 0) is 13.6 Å². The Hall–Kier alpha value is -3.89. The predicted octanol–water partition coefficient (Wildman–Crippen LogP) is 3.38. The van der Waals surface area contributed by atoms with Gasteiger partial charge in [0.15, 0.2) is 0 Å². The van der Waals surface area contributed by atoms with Crippen LogP contribution in [0.4, 0.5) is 5.95 Å². The highest BCUT2D eigenvalue weighted by atomic mass is 35.5. The van der Waals surface area contributed by atoms with Crippen molar-refractivity contribution in [3.63, 3.8) is 0 Å². The normalized spacial score (nSPS) is 10.7. The van der Waals surface area contributed by atoms with Crippen molar-refractivity contribution in [1.82, 2.24) is 19.7 Å². The van der Waals surface area contributed by atoms with E-state index in [2.05, 4.69) is 26.3 Å². The Morgan fingerprint density at radius 2 is 2.07 bits per heavy atom. The second-order valence-electron chi connectivity index (χ2n) is 6.77. The lowest BCUT2D eigenvalue weighted by molar-refractivity contribution is 0.1000. The summed E-state index contributed by atoms with van der Waals surface area (Å²) >= 11 is 6.18. The number of amides is 1. The fraction of sp³-hybridized carbons (Fsp3) is 0.0909. The molecule has 0 aliphatic rings.